The summed E-state index contributed by atoms with van der Waals surface area (Å²) < 4.78 is 6.53. The Balaban J connectivity index is 1.08. The highest BCUT2D eigenvalue weighted by Gasteiger charge is 2.47. The third-order valence-corrected chi connectivity index (χ3v) is 17.0. The van der Waals surface area contributed by atoms with Crippen LogP contribution in [0.2, 0.25) is 0 Å². The first-order valence-electron chi connectivity index (χ1n) is 26.0. The molecule has 0 amide bonds. The molecule has 6 unspecified atom stereocenters. The predicted octanol–water partition coefficient (Wildman–Crippen LogP) is 9.28. The number of fused-ring (bicyclic) bond motifs is 9. The number of ether oxygens (including phenoxy) is 1. The molecule has 5 aromatic rings. The number of phenolic OH excluding ortho intramolecular Hbond substituents is 2. The molecule has 3 aromatic carbocycles. The van der Waals surface area contributed by atoms with Crippen molar-refractivity contribution in [1.82, 2.24) is 9.97 Å². The minimum Gasteiger partial charge on any atom is -0.507 e. The molecule has 11 nitrogen and oxygen atoms in total. The second-order valence-electron chi connectivity index (χ2n) is 21.3. The Hall–Kier alpha value is -6.32. The molecule has 8 N–H and O–H groups in total. The van der Waals surface area contributed by atoms with Crippen LogP contribution in [0, 0.1) is 23.7 Å². The summed E-state index contributed by atoms with van der Waals surface area (Å²) in [5, 5.41) is 62.5. The molecule has 5 bridgehead atoms. The van der Waals surface area contributed by atoms with E-state index >= 15 is 4.79 Å². The van der Waals surface area contributed by atoms with Crippen LogP contribution in [0.5, 0.6) is 17.2 Å². The van der Waals surface area contributed by atoms with Crippen molar-refractivity contribution in [3.63, 3.8) is 0 Å². The molecule has 4 heterocycles. The number of hydrogen-bond donors (Lipinski definition) is 8. The largest absolute Gasteiger partial charge is 0.507 e. The number of aryl methyl sites for hydroxylation is 2. The molecule has 2 aromatic heterocycles. The molecule has 368 valence electrons. The van der Waals surface area contributed by atoms with Crippen molar-refractivity contribution in [2.24, 2.45) is 11.8 Å². The van der Waals surface area contributed by atoms with Crippen LogP contribution in [0.3, 0.4) is 0 Å². The van der Waals surface area contributed by atoms with Crippen molar-refractivity contribution in [1.29, 1.82) is 0 Å². The van der Waals surface area contributed by atoms with Gasteiger partial charge in [0.15, 0.2) is 17.3 Å². The summed E-state index contributed by atoms with van der Waals surface area (Å²) in [5.41, 5.74) is 7.49. The van der Waals surface area contributed by atoms with E-state index in [2.05, 4.69) is 51.4 Å². The summed E-state index contributed by atoms with van der Waals surface area (Å²) in [4.78, 5) is 37.8. The monoisotopic (exact) mass is 955 g/mol. The first kappa shape index (κ1) is 47.0. The second kappa shape index (κ2) is 19.4. The number of Topliss-reactive ketones (excluding diaryl/α,β-unsaturated/α-hetero) is 2. The fourth-order valence-electron chi connectivity index (χ4n) is 13.2. The lowest BCUT2D eigenvalue weighted by Crippen LogP contribution is -2.43. The van der Waals surface area contributed by atoms with Gasteiger partial charge in [-0.2, -0.15) is 0 Å². The van der Waals surface area contributed by atoms with Crippen LogP contribution in [-0.4, -0.2) is 77.5 Å². The zero-order valence-corrected chi connectivity index (χ0v) is 40.3. The van der Waals surface area contributed by atoms with Gasteiger partial charge in [-0.05, 0) is 145 Å². The second-order valence-corrected chi connectivity index (χ2v) is 21.3. The van der Waals surface area contributed by atoms with E-state index in [9.17, 15) is 30.3 Å². The summed E-state index contributed by atoms with van der Waals surface area (Å²) >= 11 is 0. The third kappa shape index (κ3) is 9.04. The molecule has 11 rings (SSSR count). The van der Waals surface area contributed by atoms with E-state index in [1.54, 1.807) is 24.3 Å². The number of aromatic hydroxyl groups is 2. The van der Waals surface area contributed by atoms with E-state index in [1.807, 2.05) is 42.7 Å². The lowest BCUT2D eigenvalue weighted by Gasteiger charge is -2.39. The van der Waals surface area contributed by atoms with Gasteiger partial charge in [0.2, 0.25) is 0 Å². The fourth-order valence-corrected chi connectivity index (χ4v) is 13.2. The Labute approximate surface area is 415 Å². The van der Waals surface area contributed by atoms with E-state index in [4.69, 9.17) is 4.74 Å². The molecule has 1 spiro atoms. The van der Waals surface area contributed by atoms with Crippen molar-refractivity contribution >= 4 is 29.5 Å². The van der Waals surface area contributed by atoms with Gasteiger partial charge in [0.25, 0.3) is 0 Å². The number of carbonyl (C=O) groups is 2. The van der Waals surface area contributed by atoms with Crippen LogP contribution in [0.4, 0.5) is 5.82 Å². The first-order valence-corrected chi connectivity index (χ1v) is 26.0. The SMILES string of the molecule is O=C1CCc2cc(c(O)c(OC3CCCC3)c2)Cc2ccc3c(c2)Cc2cc[nH]c2NC(C#CCC(O)C32CCCC2)C2=Cc3[nH]ccc3C(CC3(O)C=Cc4c(O)cccc4CC3)C2C(=O)C1CCO. The van der Waals surface area contributed by atoms with Gasteiger partial charge < -0.3 is 45.6 Å². The van der Waals surface area contributed by atoms with Gasteiger partial charge in [0.05, 0.1) is 23.7 Å². The summed E-state index contributed by atoms with van der Waals surface area (Å²) in [6, 6.07) is 19.0. The Kier molecular flexibility index (Phi) is 12.8. The number of phenols is 2. The van der Waals surface area contributed by atoms with Gasteiger partial charge in [-0.15, -0.1) is 0 Å². The number of carbonyl (C=O) groups excluding carboxylic acids is 2. The minimum absolute atomic E-state index is 0.00981. The van der Waals surface area contributed by atoms with Crippen LogP contribution < -0.4 is 10.1 Å². The maximum atomic E-state index is 16.0. The molecule has 6 aliphatic rings. The number of aliphatic hydroxyl groups is 3. The molecule has 4 aliphatic carbocycles. The van der Waals surface area contributed by atoms with Crippen molar-refractivity contribution in [3.8, 4) is 29.1 Å². The van der Waals surface area contributed by atoms with E-state index in [-0.39, 0.29) is 61.3 Å². The fraction of sp³-hybridized carbons (Fsp3) is 0.433. The molecule has 2 saturated carbocycles. The highest BCUT2D eigenvalue weighted by atomic mass is 16.5. The minimum atomic E-state index is -1.42. The number of hydrogen-bond acceptors (Lipinski definition) is 9. The van der Waals surface area contributed by atoms with Crippen molar-refractivity contribution < 1.29 is 39.9 Å². The Morgan fingerprint density at radius 2 is 1.63 bits per heavy atom. The maximum absolute atomic E-state index is 16.0. The normalized spacial score (nSPS) is 26.1. The van der Waals surface area contributed by atoms with Crippen molar-refractivity contribution in [2.75, 3.05) is 11.9 Å². The summed E-state index contributed by atoms with van der Waals surface area (Å²) in [7, 11) is 0. The average Bonchev–Trinajstić information content (AvgIpc) is 4.21. The highest BCUT2D eigenvalue weighted by molar-refractivity contribution is 6.05. The third-order valence-electron chi connectivity index (χ3n) is 17.0. The number of H-pyrrole nitrogens is 2. The smallest absolute Gasteiger partial charge is 0.161 e. The number of aromatic nitrogens is 2. The molecule has 0 radical (unpaired) electrons. The molecule has 11 heteroatoms. The lowest BCUT2D eigenvalue weighted by molar-refractivity contribution is -0.135. The first-order chi connectivity index (χ1) is 34.5. The molecule has 2 aliphatic heterocycles. The lowest BCUT2D eigenvalue weighted by atomic mass is 9.65. The van der Waals surface area contributed by atoms with Gasteiger partial charge in [0.1, 0.15) is 23.4 Å². The van der Waals surface area contributed by atoms with Gasteiger partial charge in [-0.3, -0.25) is 9.59 Å². The molecule has 2 fully saturated rings. The quantitative estimate of drug-likeness (QED) is 0.0606. The predicted molar refractivity (Wildman–Crippen MR) is 273 cm³/mol. The maximum Gasteiger partial charge on any atom is 0.161 e. The highest BCUT2D eigenvalue weighted by Crippen LogP contribution is 2.50. The van der Waals surface area contributed by atoms with Gasteiger partial charge in [-0.1, -0.05) is 73.2 Å². The Bertz CT molecular complexity index is 2970. The topological polar surface area (TPSA) is 188 Å². The van der Waals surface area contributed by atoms with Gasteiger partial charge in [0, 0.05) is 78.8 Å². The van der Waals surface area contributed by atoms with E-state index in [0.29, 0.717) is 48.1 Å². The summed E-state index contributed by atoms with van der Waals surface area (Å²) in [6.07, 6.45) is 18.2. The summed E-state index contributed by atoms with van der Waals surface area (Å²) in [6.45, 7) is -0.390. The Morgan fingerprint density at radius 3 is 2.46 bits per heavy atom. The van der Waals surface area contributed by atoms with Crippen LogP contribution in [0.1, 0.15) is 145 Å². The van der Waals surface area contributed by atoms with Crippen molar-refractivity contribution in [2.45, 2.75) is 144 Å². The number of nitrogens with one attached hydrogen (secondary N) is 3. The molecule has 71 heavy (non-hydrogen) atoms. The standard InChI is InChI=1S/C60H65N3O8/c64-28-21-45-52(66)16-14-37-31-41(56(68)53(32-37)71-42-8-1-2-9-42)30-36-13-15-48-40(29-36)33-39-19-26-62-58(39)63-49(10-6-12-54(67)60(48)22-3-4-23-60)46-34-50-44(20-27-61-50)47(55(46)57(45)69)35-59(70)24-17-38-7-5-11-51(65)43(38)18-25-59/h5,7,11,13,15,18-20,25-27,29,31-32,34,42,45,47,49,54-55,61-65,67-68,70H,1-4,8-9,12,14,16-17,21-24,28,30,33,35H2. The van der Waals surface area contributed by atoms with E-state index in [0.717, 1.165) is 102 Å². The number of rotatable bonds is 6. The Morgan fingerprint density at radius 1 is 0.817 bits per heavy atom. The number of aliphatic hydroxyl groups excluding tert-OH is 2. The molecular formula is C60H65N3O8. The van der Waals surface area contributed by atoms with Gasteiger partial charge >= 0.3 is 0 Å². The summed E-state index contributed by atoms with van der Waals surface area (Å²) in [5.74, 6) is 4.82. The van der Waals surface area contributed by atoms with E-state index < -0.39 is 47.5 Å². The number of aromatic amines is 2. The number of anilines is 1. The number of ketones is 2. The van der Waals surface area contributed by atoms with Gasteiger partial charge in [-0.25, -0.2) is 0 Å². The molecular weight excluding hydrogens is 891 g/mol. The van der Waals surface area contributed by atoms with Crippen LogP contribution in [0.15, 0.2) is 84.7 Å². The zero-order valence-electron chi connectivity index (χ0n) is 40.3. The molecule has 0 saturated heterocycles. The van der Waals surface area contributed by atoms with Crippen molar-refractivity contribution in [3.05, 3.63) is 140 Å². The van der Waals surface area contributed by atoms with Crippen LogP contribution >= 0.6 is 0 Å². The van der Waals surface area contributed by atoms with Crippen LogP contribution in [-0.2, 0) is 40.7 Å². The molecule has 6 atom stereocenters. The van der Waals surface area contributed by atoms with Crippen LogP contribution in [0.25, 0.3) is 12.2 Å². The van der Waals surface area contributed by atoms with E-state index in [1.165, 1.54) is 0 Å². The average molecular weight is 956 g/mol. The zero-order chi connectivity index (χ0) is 48.9. The number of benzene rings is 3.